The zero-order valence-corrected chi connectivity index (χ0v) is 13.4. The maximum atomic E-state index is 12.5. The second-order valence-electron chi connectivity index (χ2n) is 5.35. The molecule has 0 bridgehead atoms. The lowest BCUT2D eigenvalue weighted by Crippen LogP contribution is -2.32. The first kappa shape index (κ1) is 16.4. The van der Waals surface area contributed by atoms with E-state index in [1.54, 1.807) is 18.5 Å². The van der Waals surface area contributed by atoms with Crippen LogP contribution in [0.25, 0.3) is 0 Å². The average molecular weight is 316 g/mol. The lowest BCUT2D eigenvalue weighted by atomic mass is 10.2. The van der Waals surface area contributed by atoms with Crippen LogP contribution in [0.1, 0.15) is 30.7 Å². The molecule has 0 radical (unpaired) electrons. The van der Waals surface area contributed by atoms with Crippen LogP contribution in [0.5, 0.6) is 0 Å². The first-order valence-electron chi connectivity index (χ1n) is 7.31. The fourth-order valence-electron chi connectivity index (χ4n) is 2.61. The maximum absolute atomic E-state index is 12.5. The Morgan fingerprint density at radius 3 is 2.86 bits per heavy atom. The topological polar surface area (TPSA) is 99.2 Å². The molecular formula is C13H24N4O3S. The SMILES string of the molecule is Cc1nn(CCCN)c(C)c1S(=O)(=O)NCC1CCCO1. The van der Waals surface area contributed by atoms with Gasteiger partial charge in [-0.15, -0.1) is 0 Å². The van der Waals surface area contributed by atoms with E-state index in [0.717, 1.165) is 19.3 Å². The molecule has 1 fully saturated rings. The number of nitrogens with zero attached hydrogens (tertiary/aromatic N) is 2. The van der Waals surface area contributed by atoms with Crippen molar-refractivity contribution in [2.75, 3.05) is 19.7 Å². The number of sulfonamides is 1. The highest BCUT2D eigenvalue weighted by atomic mass is 32.2. The molecule has 1 atom stereocenters. The normalized spacial score (nSPS) is 19.3. The third kappa shape index (κ3) is 3.82. The lowest BCUT2D eigenvalue weighted by molar-refractivity contribution is 0.114. The van der Waals surface area contributed by atoms with Gasteiger partial charge in [0.2, 0.25) is 10.0 Å². The molecule has 0 aromatic carbocycles. The molecule has 8 heteroatoms. The van der Waals surface area contributed by atoms with Crippen LogP contribution in [-0.4, -0.2) is 44.0 Å². The van der Waals surface area contributed by atoms with Crippen LogP contribution in [0.3, 0.4) is 0 Å². The molecule has 3 N–H and O–H groups in total. The first-order valence-corrected chi connectivity index (χ1v) is 8.79. The summed E-state index contributed by atoms with van der Waals surface area (Å²) in [5.74, 6) is 0. The summed E-state index contributed by atoms with van der Waals surface area (Å²) < 4.78 is 34.7. The molecule has 1 aromatic rings. The van der Waals surface area contributed by atoms with Crippen LogP contribution in [-0.2, 0) is 21.3 Å². The van der Waals surface area contributed by atoms with Crippen LogP contribution in [0.15, 0.2) is 4.90 Å². The molecule has 1 aliphatic heterocycles. The van der Waals surface area contributed by atoms with E-state index in [4.69, 9.17) is 10.5 Å². The Morgan fingerprint density at radius 1 is 1.48 bits per heavy atom. The summed E-state index contributed by atoms with van der Waals surface area (Å²) in [4.78, 5) is 0.275. The van der Waals surface area contributed by atoms with E-state index in [0.29, 0.717) is 37.6 Å². The van der Waals surface area contributed by atoms with Gasteiger partial charge in [-0.1, -0.05) is 0 Å². The third-order valence-corrected chi connectivity index (χ3v) is 5.36. The van der Waals surface area contributed by atoms with Crippen LogP contribution in [0.4, 0.5) is 0 Å². The molecule has 7 nitrogen and oxygen atoms in total. The molecule has 1 saturated heterocycles. The van der Waals surface area contributed by atoms with Crippen molar-refractivity contribution in [3.05, 3.63) is 11.4 Å². The molecule has 0 saturated carbocycles. The molecule has 120 valence electrons. The molecule has 21 heavy (non-hydrogen) atoms. The van der Waals surface area contributed by atoms with Gasteiger partial charge >= 0.3 is 0 Å². The Balaban J connectivity index is 2.13. The zero-order chi connectivity index (χ0) is 15.5. The summed E-state index contributed by atoms with van der Waals surface area (Å²) in [5, 5.41) is 4.30. The minimum Gasteiger partial charge on any atom is -0.377 e. The number of nitrogens with one attached hydrogen (secondary N) is 1. The van der Waals surface area contributed by atoms with Crippen LogP contribution in [0.2, 0.25) is 0 Å². The van der Waals surface area contributed by atoms with E-state index in [1.807, 2.05) is 0 Å². The lowest BCUT2D eigenvalue weighted by Gasteiger charge is -2.11. The summed E-state index contributed by atoms with van der Waals surface area (Å²) >= 11 is 0. The smallest absolute Gasteiger partial charge is 0.244 e. The maximum Gasteiger partial charge on any atom is 0.244 e. The zero-order valence-electron chi connectivity index (χ0n) is 12.6. The van der Waals surface area contributed by atoms with Gasteiger partial charge in [0, 0.05) is 19.7 Å². The predicted molar refractivity (Wildman–Crippen MR) is 79.5 cm³/mol. The van der Waals surface area contributed by atoms with Crippen LogP contribution < -0.4 is 10.5 Å². The van der Waals surface area contributed by atoms with E-state index in [1.165, 1.54) is 0 Å². The number of nitrogens with two attached hydrogens (primary N) is 1. The standard InChI is InChI=1S/C13H24N4O3S/c1-10-13(11(2)17(16-10)7-4-6-14)21(18,19)15-9-12-5-3-8-20-12/h12,15H,3-9,14H2,1-2H3. The predicted octanol–water partition coefficient (Wildman–Crippen LogP) is 0.306. The van der Waals surface area contributed by atoms with Gasteiger partial charge in [-0.2, -0.15) is 5.10 Å². The molecule has 1 aliphatic rings. The van der Waals surface area contributed by atoms with Gasteiger partial charge in [0.25, 0.3) is 0 Å². The van der Waals surface area contributed by atoms with Gasteiger partial charge in [-0.3, -0.25) is 4.68 Å². The van der Waals surface area contributed by atoms with E-state index >= 15 is 0 Å². The molecule has 0 aliphatic carbocycles. The van der Waals surface area contributed by atoms with Gasteiger partial charge in [0.15, 0.2) is 0 Å². The Labute approximate surface area is 125 Å². The van der Waals surface area contributed by atoms with Crippen molar-refractivity contribution < 1.29 is 13.2 Å². The van der Waals surface area contributed by atoms with Crippen LogP contribution >= 0.6 is 0 Å². The second kappa shape index (κ2) is 6.87. The Hall–Kier alpha value is -0.960. The van der Waals surface area contributed by atoms with Crippen molar-refractivity contribution in [3.63, 3.8) is 0 Å². The molecule has 1 unspecified atom stereocenters. The van der Waals surface area contributed by atoms with Crippen molar-refractivity contribution in [1.29, 1.82) is 0 Å². The highest BCUT2D eigenvalue weighted by Crippen LogP contribution is 2.20. The monoisotopic (exact) mass is 316 g/mol. The summed E-state index contributed by atoms with van der Waals surface area (Å²) in [6.45, 7) is 5.70. The molecule has 2 heterocycles. The summed E-state index contributed by atoms with van der Waals surface area (Å²) in [6.07, 6.45) is 2.63. The van der Waals surface area contributed by atoms with Gasteiger partial charge in [0.05, 0.1) is 17.5 Å². The van der Waals surface area contributed by atoms with Crippen molar-refractivity contribution in [3.8, 4) is 0 Å². The van der Waals surface area contributed by atoms with Gasteiger partial charge < -0.3 is 10.5 Å². The Bertz CT molecular complexity index is 576. The second-order valence-corrected chi connectivity index (χ2v) is 7.06. The number of ether oxygens (including phenoxy) is 1. The first-order chi connectivity index (χ1) is 9.95. The van der Waals surface area contributed by atoms with Gasteiger partial charge in [-0.25, -0.2) is 13.1 Å². The largest absolute Gasteiger partial charge is 0.377 e. The highest BCUT2D eigenvalue weighted by Gasteiger charge is 2.26. The van der Waals surface area contributed by atoms with E-state index in [2.05, 4.69) is 9.82 Å². The molecule has 1 aromatic heterocycles. The summed E-state index contributed by atoms with van der Waals surface area (Å²) in [5.41, 5.74) is 6.66. The van der Waals surface area contributed by atoms with Gasteiger partial charge in [-0.05, 0) is 39.7 Å². The van der Waals surface area contributed by atoms with E-state index in [-0.39, 0.29) is 11.0 Å². The fraction of sp³-hybridized carbons (Fsp3) is 0.769. The quantitative estimate of drug-likeness (QED) is 0.754. The minimum atomic E-state index is -3.56. The number of hydrogen-bond donors (Lipinski definition) is 2. The number of rotatable bonds is 7. The molecule has 2 rings (SSSR count). The van der Waals surface area contributed by atoms with Crippen molar-refractivity contribution in [2.45, 2.75) is 50.7 Å². The highest BCUT2D eigenvalue weighted by molar-refractivity contribution is 7.89. The fourth-order valence-corrected chi connectivity index (χ4v) is 4.08. The van der Waals surface area contributed by atoms with Crippen molar-refractivity contribution >= 4 is 10.0 Å². The Morgan fingerprint density at radius 2 is 2.24 bits per heavy atom. The molecule has 0 amide bonds. The molecular weight excluding hydrogens is 292 g/mol. The van der Waals surface area contributed by atoms with Crippen molar-refractivity contribution in [1.82, 2.24) is 14.5 Å². The minimum absolute atomic E-state index is 0.0207. The molecule has 0 spiro atoms. The Kier molecular flexibility index (Phi) is 5.37. The van der Waals surface area contributed by atoms with Crippen LogP contribution in [0, 0.1) is 13.8 Å². The van der Waals surface area contributed by atoms with Gasteiger partial charge in [0.1, 0.15) is 4.90 Å². The number of aryl methyl sites for hydroxylation is 2. The average Bonchev–Trinajstić information content (AvgIpc) is 3.03. The summed E-state index contributed by atoms with van der Waals surface area (Å²) in [7, 11) is -3.56. The summed E-state index contributed by atoms with van der Waals surface area (Å²) in [6, 6.07) is 0. The number of hydrogen-bond acceptors (Lipinski definition) is 5. The number of aromatic nitrogens is 2. The third-order valence-electron chi connectivity index (χ3n) is 3.68. The van der Waals surface area contributed by atoms with Crippen molar-refractivity contribution in [2.24, 2.45) is 5.73 Å². The van der Waals surface area contributed by atoms with E-state index < -0.39 is 10.0 Å². The van der Waals surface area contributed by atoms with E-state index in [9.17, 15) is 8.42 Å².